The van der Waals surface area contributed by atoms with Crippen LogP contribution in [0.2, 0.25) is 0 Å². The highest BCUT2D eigenvalue weighted by atomic mass is 32.2. The third-order valence-corrected chi connectivity index (χ3v) is 5.37. The highest BCUT2D eigenvalue weighted by molar-refractivity contribution is 7.99. The minimum Gasteiger partial charge on any atom is -0.312 e. The summed E-state index contributed by atoms with van der Waals surface area (Å²) in [4.78, 5) is 0. The first-order valence-corrected chi connectivity index (χ1v) is 8.38. The van der Waals surface area contributed by atoms with Gasteiger partial charge in [-0.1, -0.05) is 30.7 Å². The summed E-state index contributed by atoms with van der Waals surface area (Å²) in [5.74, 6) is 2.24. The van der Waals surface area contributed by atoms with E-state index in [2.05, 4.69) is 41.3 Å². The monoisotopic (exact) mass is 261 g/mol. The van der Waals surface area contributed by atoms with E-state index >= 15 is 0 Å². The quantitative estimate of drug-likeness (QED) is 0.861. The van der Waals surface area contributed by atoms with Gasteiger partial charge in [0.25, 0.3) is 0 Å². The fourth-order valence-corrected chi connectivity index (χ4v) is 3.99. The van der Waals surface area contributed by atoms with E-state index in [9.17, 15) is 0 Å². The van der Waals surface area contributed by atoms with Gasteiger partial charge in [0, 0.05) is 18.3 Å². The summed E-state index contributed by atoms with van der Waals surface area (Å²) in [7, 11) is 0. The molecule has 2 fully saturated rings. The van der Waals surface area contributed by atoms with Crippen LogP contribution in [0.25, 0.3) is 0 Å². The minimum absolute atomic E-state index is 0.852. The standard InChI is InChI=1S/C16H23NS/c1-2-9-18-16(6-1)12-17-11-13-4-3-5-15(10-13)14-7-8-14/h3-5,10,14,16-17H,1-2,6-9,11-12H2. The van der Waals surface area contributed by atoms with Crippen molar-refractivity contribution in [3.63, 3.8) is 0 Å². The maximum atomic E-state index is 3.64. The topological polar surface area (TPSA) is 12.0 Å². The first-order chi connectivity index (χ1) is 8.92. The Bertz CT molecular complexity index is 380. The van der Waals surface area contributed by atoms with Gasteiger partial charge in [0.1, 0.15) is 0 Å². The summed E-state index contributed by atoms with van der Waals surface area (Å²) >= 11 is 2.15. The number of nitrogens with one attached hydrogen (secondary N) is 1. The van der Waals surface area contributed by atoms with Crippen molar-refractivity contribution in [2.24, 2.45) is 0 Å². The molecule has 0 spiro atoms. The molecule has 1 aromatic rings. The Balaban J connectivity index is 1.45. The molecule has 2 heteroatoms. The van der Waals surface area contributed by atoms with Crippen molar-refractivity contribution in [3.05, 3.63) is 35.4 Å². The predicted octanol–water partition coefficient (Wildman–Crippen LogP) is 3.94. The van der Waals surface area contributed by atoms with Gasteiger partial charge in [-0.3, -0.25) is 0 Å². The molecule has 1 N–H and O–H groups in total. The van der Waals surface area contributed by atoms with E-state index in [-0.39, 0.29) is 0 Å². The summed E-state index contributed by atoms with van der Waals surface area (Å²) in [6.45, 7) is 2.22. The first-order valence-electron chi connectivity index (χ1n) is 7.33. The van der Waals surface area contributed by atoms with Crippen LogP contribution in [-0.4, -0.2) is 17.5 Å². The minimum atomic E-state index is 0.852. The average molecular weight is 261 g/mol. The van der Waals surface area contributed by atoms with Gasteiger partial charge in [0.15, 0.2) is 0 Å². The van der Waals surface area contributed by atoms with E-state index in [0.717, 1.165) is 17.7 Å². The second kappa shape index (κ2) is 6.12. The normalized spacial score (nSPS) is 24.1. The van der Waals surface area contributed by atoms with Crippen LogP contribution in [-0.2, 0) is 6.54 Å². The largest absolute Gasteiger partial charge is 0.312 e. The molecular weight excluding hydrogens is 238 g/mol. The number of rotatable bonds is 5. The van der Waals surface area contributed by atoms with Crippen LogP contribution in [0.5, 0.6) is 0 Å². The average Bonchev–Trinajstić information content (AvgIpc) is 3.25. The predicted molar refractivity (Wildman–Crippen MR) is 80.2 cm³/mol. The highest BCUT2D eigenvalue weighted by Gasteiger charge is 2.23. The summed E-state index contributed by atoms with van der Waals surface area (Å²) in [5, 5.41) is 4.49. The van der Waals surface area contributed by atoms with Crippen molar-refractivity contribution < 1.29 is 0 Å². The van der Waals surface area contributed by atoms with Crippen molar-refractivity contribution >= 4 is 11.8 Å². The molecule has 1 saturated heterocycles. The lowest BCUT2D eigenvalue weighted by Gasteiger charge is -2.21. The number of hydrogen-bond donors (Lipinski definition) is 1. The van der Waals surface area contributed by atoms with Crippen LogP contribution in [0.15, 0.2) is 24.3 Å². The zero-order chi connectivity index (χ0) is 12.2. The third kappa shape index (κ3) is 3.52. The van der Waals surface area contributed by atoms with Crippen LogP contribution in [0.1, 0.15) is 49.1 Å². The molecule has 98 valence electrons. The lowest BCUT2D eigenvalue weighted by atomic mass is 10.1. The van der Waals surface area contributed by atoms with Crippen LogP contribution >= 0.6 is 11.8 Å². The fourth-order valence-electron chi connectivity index (χ4n) is 2.72. The maximum Gasteiger partial charge on any atom is 0.0206 e. The van der Waals surface area contributed by atoms with E-state index in [1.807, 2.05) is 0 Å². The van der Waals surface area contributed by atoms with Gasteiger partial charge in [-0.05, 0) is 48.5 Å². The van der Waals surface area contributed by atoms with E-state index in [1.54, 1.807) is 5.56 Å². The second-order valence-electron chi connectivity index (χ2n) is 5.64. The van der Waals surface area contributed by atoms with Crippen molar-refractivity contribution in [2.75, 3.05) is 12.3 Å². The van der Waals surface area contributed by atoms with Crippen molar-refractivity contribution in [2.45, 2.75) is 49.8 Å². The summed E-state index contributed by atoms with van der Waals surface area (Å²) in [6, 6.07) is 9.17. The van der Waals surface area contributed by atoms with Gasteiger partial charge in [0.05, 0.1) is 0 Å². The molecule has 0 radical (unpaired) electrons. The van der Waals surface area contributed by atoms with E-state index in [0.29, 0.717) is 0 Å². The molecule has 3 rings (SSSR count). The Morgan fingerprint density at radius 2 is 2.11 bits per heavy atom. The van der Waals surface area contributed by atoms with Crippen LogP contribution < -0.4 is 5.32 Å². The van der Waals surface area contributed by atoms with Crippen LogP contribution in [0, 0.1) is 0 Å². The fraction of sp³-hybridized carbons (Fsp3) is 0.625. The van der Waals surface area contributed by atoms with Crippen LogP contribution in [0.4, 0.5) is 0 Å². The van der Waals surface area contributed by atoms with Gasteiger partial charge < -0.3 is 5.32 Å². The number of thioether (sulfide) groups is 1. The first kappa shape index (κ1) is 12.6. The summed E-state index contributed by atoms with van der Waals surface area (Å²) < 4.78 is 0. The molecule has 1 nitrogen and oxygen atoms in total. The van der Waals surface area contributed by atoms with Gasteiger partial charge >= 0.3 is 0 Å². The second-order valence-corrected chi connectivity index (χ2v) is 7.05. The molecule has 1 heterocycles. The Hall–Kier alpha value is -0.470. The Labute approximate surface area is 115 Å². The molecule has 1 saturated carbocycles. The molecule has 1 unspecified atom stereocenters. The molecule has 1 aromatic carbocycles. The van der Waals surface area contributed by atoms with Gasteiger partial charge in [-0.2, -0.15) is 11.8 Å². The van der Waals surface area contributed by atoms with E-state index < -0.39 is 0 Å². The molecule has 1 aliphatic heterocycles. The Morgan fingerprint density at radius 1 is 1.17 bits per heavy atom. The lowest BCUT2D eigenvalue weighted by molar-refractivity contribution is 0.597. The Kier molecular flexibility index (Phi) is 4.27. The van der Waals surface area contributed by atoms with Crippen LogP contribution in [0.3, 0.4) is 0 Å². The molecule has 1 aliphatic carbocycles. The van der Waals surface area contributed by atoms with Crippen molar-refractivity contribution in [1.29, 1.82) is 0 Å². The molecule has 0 amide bonds. The third-order valence-electron chi connectivity index (χ3n) is 3.97. The summed E-state index contributed by atoms with van der Waals surface area (Å²) in [5.41, 5.74) is 3.02. The van der Waals surface area contributed by atoms with Gasteiger partial charge in [-0.25, -0.2) is 0 Å². The molecule has 18 heavy (non-hydrogen) atoms. The number of benzene rings is 1. The lowest BCUT2D eigenvalue weighted by Crippen LogP contribution is -2.26. The highest BCUT2D eigenvalue weighted by Crippen LogP contribution is 2.40. The zero-order valence-electron chi connectivity index (χ0n) is 11.0. The zero-order valence-corrected chi connectivity index (χ0v) is 11.8. The van der Waals surface area contributed by atoms with E-state index in [4.69, 9.17) is 0 Å². The molecule has 0 aromatic heterocycles. The molecule has 2 aliphatic rings. The number of hydrogen-bond acceptors (Lipinski definition) is 2. The molecular formula is C16H23NS. The van der Waals surface area contributed by atoms with Gasteiger partial charge in [0.2, 0.25) is 0 Å². The van der Waals surface area contributed by atoms with Crippen molar-refractivity contribution in [1.82, 2.24) is 5.32 Å². The Morgan fingerprint density at radius 3 is 2.89 bits per heavy atom. The summed E-state index contributed by atoms with van der Waals surface area (Å²) in [6.07, 6.45) is 7.05. The SMILES string of the molecule is c1cc(CNCC2CCCCS2)cc(C2CC2)c1. The molecule has 1 atom stereocenters. The molecule has 0 bridgehead atoms. The maximum absolute atomic E-state index is 3.64. The van der Waals surface area contributed by atoms with Gasteiger partial charge in [-0.15, -0.1) is 0 Å². The van der Waals surface area contributed by atoms with E-state index in [1.165, 1.54) is 50.0 Å². The van der Waals surface area contributed by atoms with Crippen molar-refractivity contribution in [3.8, 4) is 0 Å². The smallest absolute Gasteiger partial charge is 0.0206 e.